The summed E-state index contributed by atoms with van der Waals surface area (Å²) >= 11 is 0. The van der Waals surface area contributed by atoms with Gasteiger partial charge in [-0.2, -0.15) is 5.26 Å². The van der Waals surface area contributed by atoms with Crippen molar-refractivity contribution in [3.8, 4) is 6.07 Å². The van der Waals surface area contributed by atoms with E-state index in [0.717, 1.165) is 36.3 Å². The van der Waals surface area contributed by atoms with Crippen molar-refractivity contribution in [2.45, 2.75) is 42.5 Å². The smallest absolute Gasteiger partial charge is 0.240 e. The van der Waals surface area contributed by atoms with Crippen molar-refractivity contribution in [3.63, 3.8) is 0 Å². The lowest BCUT2D eigenvalue weighted by molar-refractivity contribution is 0.361. The van der Waals surface area contributed by atoms with E-state index in [9.17, 15) is 8.42 Å². The predicted molar refractivity (Wildman–Crippen MR) is 109 cm³/mol. The van der Waals surface area contributed by atoms with Crippen molar-refractivity contribution < 1.29 is 8.42 Å². The molecule has 2 atom stereocenters. The van der Waals surface area contributed by atoms with E-state index in [2.05, 4.69) is 24.9 Å². The maximum atomic E-state index is 12.8. The number of nitrogens with zero attached hydrogens (tertiary/aromatic N) is 5. The second-order valence-electron chi connectivity index (χ2n) is 7.54. The van der Waals surface area contributed by atoms with E-state index in [-0.39, 0.29) is 16.9 Å². The van der Waals surface area contributed by atoms with Crippen LogP contribution >= 0.6 is 0 Å². The Balaban J connectivity index is 1.40. The van der Waals surface area contributed by atoms with Gasteiger partial charge in [0.2, 0.25) is 10.0 Å². The molecule has 3 aromatic heterocycles. The van der Waals surface area contributed by atoms with Gasteiger partial charge in [0.05, 0.1) is 28.2 Å². The number of nitrogens with one attached hydrogen (secondary N) is 2. The maximum Gasteiger partial charge on any atom is 0.240 e. The lowest BCUT2D eigenvalue weighted by Crippen LogP contribution is -2.38. The number of H-pyrrole nitrogens is 1. The number of fused-ring (bicyclic) bond motifs is 3. The highest BCUT2D eigenvalue weighted by Crippen LogP contribution is 2.33. The van der Waals surface area contributed by atoms with Gasteiger partial charge in [0, 0.05) is 18.2 Å². The van der Waals surface area contributed by atoms with Crippen molar-refractivity contribution in [2.75, 3.05) is 0 Å². The molecule has 3 heterocycles. The molecule has 152 valence electrons. The summed E-state index contributed by atoms with van der Waals surface area (Å²) in [6, 6.07) is 9.69. The summed E-state index contributed by atoms with van der Waals surface area (Å²) < 4.78 is 30.4. The summed E-state index contributed by atoms with van der Waals surface area (Å²) in [5, 5.41) is 17.6. The van der Waals surface area contributed by atoms with E-state index < -0.39 is 10.0 Å². The third kappa shape index (κ3) is 3.22. The van der Waals surface area contributed by atoms with Crippen LogP contribution in [-0.4, -0.2) is 39.0 Å². The quantitative estimate of drug-likeness (QED) is 0.521. The Bertz CT molecular complexity index is 1370. The Morgan fingerprint density at radius 3 is 2.80 bits per heavy atom. The minimum Gasteiger partial charge on any atom is -0.345 e. The Hall–Kier alpha value is -3.29. The first-order valence-corrected chi connectivity index (χ1v) is 11.2. The fourth-order valence-electron chi connectivity index (χ4n) is 4.19. The highest BCUT2D eigenvalue weighted by Gasteiger charge is 2.30. The summed E-state index contributed by atoms with van der Waals surface area (Å²) in [6.07, 6.45) is 6.74. The lowest BCUT2D eigenvalue weighted by Gasteiger charge is -2.28. The van der Waals surface area contributed by atoms with Crippen LogP contribution in [0, 0.1) is 11.3 Å². The van der Waals surface area contributed by atoms with Gasteiger partial charge in [-0.25, -0.2) is 18.1 Å². The molecular weight excluding hydrogens is 402 g/mol. The van der Waals surface area contributed by atoms with E-state index in [1.54, 1.807) is 6.20 Å². The lowest BCUT2D eigenvalue weighted by atomic mass is 9.85. The molecule has 4 aromatic rings. The zero-order valence-electron chi connectivity index (χ0n) is 16.0. The zero-order chi connectivity index (χ0) is 20.7. The molecule has 0 aliphatic heterocycles. The number of sulfonamides is 1. The van der Waals surface area contributed by atoms with E-state index in [0.29, 0.717) is 17.6 Å². The third-order valence-corrected chi connectivity index (χ3v) is 7.16. The highest BCUT2D eigenvalue weighted by molar-refractivity contribution is 7.89. The number of hydrogen-bond donors (Lipinski definition) is 2. The number of aromatic nitrogens is 5. The van der Waals surface area contributed by atoms with Gasteiger partial charge in [-0.05, 0) is 49.6 Å². The molecule has 0 unspecified atom stereocenters. The van der Waals surface area contributed by atoms with Gasteiger partial charge < -0.3 is 4.98 Å². The number of rotatable bonds is 4. The van der Waals surface area contributed by atoms with Crippen LogP contribution in [0.1, 0.15) is 43.0 Å². The van der Waals surface area contributed by atoms with Crippen molar-refractivity contribution >= 4 is 26.8 Å². The molecule has 1 aliphatic rings. The van der Waals surface area contributed by atoms with Crippen LogP contribution in [0.4, 0.5) is 0 Å². The second kappa shape index (κ2) is 7.19. The first-order valence-electron chi connectivity index (χ1n) is 9.75. The normalized spacial score (nSPS) is 19.8. The standard InChI is InChI=1S/C20H19N7O2S/c21-11-13-4-6-16(7-5-13)30(28,29)26-15-3-1-2-14(10-15)20-25-24-18-12-23-19-17(27(18)20)8-9-22-19/h4-9,12,14-15,22,26H,1-3,10H2/t14-,15+/m0/s1. The third-order valence-electron chi connectivity index (χ3n) is 5.62. The minimum atomic E-state index is -3.66. The van der Waals surface area contributed by atoms with E-state index in [1.165, 1.54) is 24.3 Å². The molecular formula is C20H19N7O2S. The second-order valence-corrected chi connectivity index (χ2v) is 9.25. The van der Waals surface area contributed by atoms with Gasteiger partial charge in [0.25, 0.3) is 0 Å². The summed E-state index contributed by atoms with van der Waals surface area (Å²) in [6.45, 7) is 0. The number of nitriles is 1. The number of aromatic amines is 1. The van der Waals surface area contributed by atoms with Crippen molar-refractivity contribution in [1.82, 2.24) is 29.3 Å². The van der Waals surface area contributed by atoms with Crippen LogP contribution in [-0.2, 0) is 10.0 Å². The van der Waals surface area contributed by atoms with Crippen molar-refractivity contribution in [1.29, 1.82) is 5.26 Å². The molecule has 0 saturated heterocycles. The Morgan fingerprint density at radius 1 is 1.17 bits per heavy atom. The molecule has 2 N–H and O–H groups in total. The van der Waals surface area contributed by atoms with Crippen LogP contribution in [0.15, 0.2) is 47.6 Å². The molecule has 30 heavy (non-hydrogen) atoms. The van der Waals surface area contributed by atoms with E-state index in [4.69, 9.17) is 5.26 Å². The first kappa shape index (κ1) is 18.7. The van der Waals surface area contributed by atoms with Gasteiger partial charge >= 0.3 is 0 Å². The molecule has 0 spiro atoms. The van der Waals surface area contributed by atoms with E-state index >= 15 is 0 Å². The summed E-state index contributed by atoms with van der Waals surface area (Å²) in [7, 11) is -3.66. The molecule has 1 fully saturated rings. The largest absolute Gasteiger partial charge is 0.345 e. The molecule has 1 saturated carbocycles. The fourth-order valence-corrected chi connectivity index (χ4v) is 5.47. The number of benzene rings is 1. The molecule has 0 radical (unpaired) electrons. The van der Waals surface area contributed by atoms with Crippen molar-refractivity contribution in [3.05, 3.63) is 54.1 Å². The molecule has 5 rings (SSSR count). The SMILES string of the molecule is N#Cc1ccc(S(=O)(=O)N[C@@H]2CCC[C@H](c3nnc4cnc5[nH]ccc5n34)C2)cc1. The van der Waals surface area contributed by atoms with E-state index in [1.807, 2.05) is 22.7 Å². The average Bonchev–Trinajstić information content (AvgIpc) is 3.40. The highest BCUT2D eigenvalue weighted by atomic mass is 32.2. The van der Waals surface area contributed by atoms with Crippen LogP contribution in [0.3, 0.4) is 0 Å². The average molecular weight is 421 g/mol. The first-order chi connectivity index (χ1) is 14.5. The molecule has 1 aliphatic carbocycles. The molecule has 10 heteroatoms. The molecule has 0 amide bonds. The van der Waals surface area contributed by atoms with Gasteiger partial charge in [0.15, 0.2) is 11.3 Å². The topological polar surface area (TPSA) is 129 Å². The molecule has 9 nitrogen and oxygen atoms in total. The van der Waals surface area contributed by atoms with Crippen LogP contribution in [0.2, 0.25) is 0 Å². The van der Waals surface area contributed by atoms with Crippen LogP contribution in [0.5, 0.6) is 0 Å². The minimum absolute atomic E-state index is 0.0860. The van der Waals surface area contributed by atoms with Crippen molar-refractivity contribution in [2.24, 2.45) is 0 Å². The van der Waals surface area contributed by atoms with Crippen LogP contribution in [0.25, 0.3) is 16.8 Å². The Kier molecular flexibility index (Phi) is 4.49. The summed E-state index contributed by atoms with van der Waals surface area (Å²) in [5.41, 5.74) is 2.78. The van der Waals surface area contributed by atoms with Crippen LogP contribution < -0.4 is 4.72 Å². The number of hydrogen-bond acceptors (Lipinski definition) is 6. The predicted octanol–water partition coefficient (Wildman–Crippen LogP) is 2.48. The monoisotopic (exact) mass is 421 g/mol. The van der Waals surface area contributed by atoms with Gasteiger partial charge in [-0.15, -0.1) is 10.2 Å². The Morgan fingerprint density at radius 2 is 2.00 bits per heavy atom. The summed E-state index contributed by atoms with van der Waals surface area (Å²) in [5.74, 6) is 0.919. The van der Waals surface area contributed by atoms with Gasteiger partial charge in [-0.3, -0.25) is 4.40 Å². The molecule has 0 bridgehead atoms. The molecule has 1 aromatic carbocycles. The maximum absolute atomic E-state index is 12.8. The van der Waals surface area contributed by atoms with Gasteiger partial charge in [0.1, 0.15) is 5.82 Å². The summed E-state index contributed by atoms with van der Waals surface area (Å²) in [4.78, 5) is 7.61. The Labute approximate surface area is 172 Å². The zero-order valence-corrected chi connectivity index (χ0v) is 16.8. The van der Waals surface area contributed by atoms with Gasteiger partial charge in [-0.1, -0.05) is 6.42 Å². The fraction of sp³-hybridized carbons (Fsp3) is 0.300.